The molecule has 1 saturated heterocycles. The lowest BCUT2D eigenvalue weighted by Gasteiger charge is -2.34. The Balaban J connectivity index is 1.47. The summed E-state index contributed by atoms with van der Waals surface area (Å²) < 4.78 is 0. The van der Waals surface area contributed by atoms with Gasteiger partial charge in [0.25, 0.3) is 0 Å². The summed E-state index contributed by atoms with van der Waals surface area (Å²) in [5.41, 5.74) is 1.09. The number of hydrogen-bond donors (Lipinski definition) is 2. The first-order valence-corrected chi connectivity index (χ1v) is 9.48. The molecule has 0 spiro atoms. The van der Waals surface area contributed by atoms with Gasteiger partial charge in [-0.05, 0) is 51.2 Å². The van der Waals surface area contributed by atoms with Gasteiger partial charge in [-0.3, -0.25) is 4.99 Å². The third kappa shape index (κ3) is 5.11. The second-order valence-corrected chi connectivity index (χ2v) is 7.04. The molecule has 1 aliphatic carbocycles. The number of pyridine rings is 1. The molecule has 2 heterocycles. The fraction of sp³-hybridized carbons (Fsp3) is 0.684. The van der Waals surface area contributed by atoms with Crippen LogP contribution in [0.2, 0.25) is 0 Å². The van der Waals surface area contributed by atoms with E-state index in [2.05, 4.69) is 52.6 Å². The van der Waals surface area contributed by atoms with Crippen LogP contribution in [-0.4, -0.2) is 43.2 Å². The number of hydrogen-bond acceptors (Lipinski definition) is 3. The minimum absolute atomic E-state index is 0.504. The summed E-state index contributed by atoms with van der Waals surface area (Å²) in [6.07, 6.45) is 6.31. The van der Waals surface area contributed by atoms with Gasteiger partial charge in [-0.25, -0.2) is 4.98 Å². The number of nitrogens with zero attached hydrogens (tertiary/aromatic N) is 3. The molecule has 0 unspecified atom stereocenters. The fourth-order valence-corrected chi connectivity index (χ4v) is 3.24. The van der Waals surface area contributed by atoms with E-state index in [1.165, 1.54) is 19.3 Å². The summed E-state index contributed by atoms with van der Waals surface area (Å²) in [6.45, 7) is 8.15. The molecule has 1 aromatic rings. The molecule has 0 bridgehead atoms. The smallest absolute Gasteiger partial charge is 0.191 e. The lowest BCUT2D eigenvalue weighted by atomic mass is 10.1. The Morgan fingerprint density at radius 1 is 1.25 bits per heavy atom. The topological polar surface area (TPSA) is 52.6 Å². The molecule has 24 heavy (non-hydrogen) atoms. The molecule has 2 aliphatic rings. The summed E-state index contributed by atoms with van der Waals surface area (Å²) in [5.74, 6) is 3.05. The van der Waals surface area contributed by atoms with E-state index in [9.17, 15) is 0 Å². The third-order valence-corrected chi connectivity index (χ3v) is 4.88. The highest BCUT2D eigenvalue weighted by molar-refractivity contribution is 5.80. The van der Waals surface area contributed by atoms with E-state index in [-0.39, 0.29) is 0 Å². The van der Waals surface area contributed by atoms with Crippen molar-refractivity contribution < 1.29 is 0 Å². The summed E-state index contributed by atoms with van der Waals surface area (Å²) in [4.78, 5) is 11.8. The highest BCUT2D eigenvalue weighted by Gasteiger charge is 2.22. The monoisotopic (exact) mass is 329 g/mol. The maximum atomic E-state index is 4.74. The number of nitrogens with one attached hydrogen (secondary N) is 2. The van der Waals surface area contributed by atoms with Crippen molar-refractivity contribution in [1.82, 2.24) is 15.6 Å². The van der Waals surface area contributed by atoms with Crippen molar-refractivity contribution in [3.05, 3.63) is 23.9 Å². The van der Waals surface area contributed by atoms with Crippen LogP contribution >= 0.6 is 0 Å². The fourth-order valence-electron chi connectivity index (χ4n) is 3.24. The van der Waals surface area contributed by atoms with Crippen LogP contribution in [0, 0.1) is 12.8 Å². The Bertz CT molecular complexity index is 544. The summed E-state index contributed by atoms with van der Waals surface area (Å²) in [7, 11) is 0. The average Bonchev–Trinajstić information content (AvgIpc) is 3.40. The van der Waals surface area contributed by atoms with Crippen molar-refractivity contribution >= 4 is 11.8 Å². The zero-order valence-electron chi connectivity index (χ0n) is 15.1. The van der Waals surface area contributed by atoms with Crippen molar-refractivity contribution in [1.29, 1.82) is 0 Å². The maximum Gasteiger partial charge on any atom is 0.191 e. The minimum Gasteiger partial charge on any atom is -0.357 e. The number of guanidine groups is 1. The third-order valence-electron chi connectivity index (χ3n) is 4.88. The first kappa shape index (κ1) is 17.1. The first-order chi connectivity index (χ1) is 11.7. The number of aromatic nitrogens is 1. The highest BCUT2D eigenvalue weighted by Crippen LogP contribution is 2.32. The molecule has 1 aliphatic heterocycles. The molecule has 1 aromatic heterocycles. The quantitative estimate of drug-likeness (QED) is 0.622. The van der Waals surface area contributed by atoms with Gasteiger partial charge in [0.1, 0.15) is 5.82 Å². The largest absolute Gasteiger partial charge is 0.357 e. The van der Waals surface area contributed by atoms with Gasteiger partial charge in [0.05, 0.1) is 0 Å². The van der Waals surface area contributed by atoms with E-state index in [4.69, 9.17) is 4.99 Å². The summed E-state index contributed by atoms with van der Waals surface area (Å²) >= 11 is 0. The Morgan fingerprint density at radius 3 is 2.71 bits per heavy atom. The van der Waals surface area contributed by atoms with Gasteiger partial charge < -0.3 is 15.5 Å². The molecule has 2 fully saturated rings. The van der Waals surface area contributed by atoms with Crippen LogP contribution in [-0.2, 0) is 0 Å². The van der Waals surface area contributed by atoms with Gasteiger partial charge >= 0.3 is 0 Å². The Kier molecular flexibility index (Phi) is 5.94. The average molecular weight is 329 g/mol. The van der Waals surface area contributed by atoms with E-state index in [1.807, 2.05) is 0 Å². The lowest BCUT2D eigenvalue weighted by molar-refractivity contribution is 0.459. The summed E-state index contributed by atoms with van der Waals surface area (Å²) in [5, 5.41) is 7.01. The predicted octanol–water partition coefficient (Wildman–Crippen LogP) is 2.71. The standard InChI is InChI=1S/C19H31N5/c1-3-20-19(21-12-9-16-7-8-16)23-17-10-13-24(14-11-17)18-6-4-5-15(2)22-18/h4-6,16-17H,3,7-14H2,1-2H3,(H2,20,21,23). The van der Waals surface area contributed by atoms with Crippen LogP contribution in [0.5, 0.6) is 0 Å². The molecular formula is C19H31N5. The molecule has 0 atom stereocenters. The van der Waals surface area contributed by atoms with Crippen molar-refractivity contribution in [2.45, 2.75) is 52.0 Å². The Morgan fingerprint density at radius 2 is 2.04 bits per heavy atom. The zero-order valence-corrected chi connectivity index (χ0v) is 15.1. The first-order valence-electron chi connectivity index (χ1n) is 9.48. The predicted molar refractivity (Wildman–Crippen MR) is 101 cm³/mol. The molecule has 0 aromatic carbocycles. The number of aryl methyl sites for hydroxylation is 1. The van der Waals surface area contributed by atoms with Crippen LogP contribution < -0.4 is 15.5 Å². The van der Waals surface area contributed by atoms with Crippen molar-refractivity contribution in [3.63, 3.8) is 0 Å². The molecule has 1 saturated carbocycles. The number of piperidine rings is 1. The molecule has 0 radical (unpaired) electrons. The van der Waals surface area contributed by atoms with Gasteiger partial charge in [-0.15, -0.1) is 0 Å². The molecule has 5 heteroatoms. The van der Waals surface area contributed by atoms with E-state index in [0.29, 0.717) is 6.04 Å². The zero-order chi connectivity index (χ0) is 16.8. The number of anilines is 1. The lowest BCUT2D eigenvalue weighted by Crippen LogP contribution is -2.49. The second kappa shape index (κ2) is 8.36. The Labute approximate surface area is 146 Å². The Hall–Kier alpha value is -1.78. The van der Waals surface area contributed by atoms with Crippen LogP contribution in [0.15, 0.2) is 23.2 Å². The summed E-state index contributed by atoms with van der Waals surface area (Å²) in [6, 6.07) is 6.77. The second-order valence-electron chi connectivity index (χ2n) is 7.04. The van der Waals surface area contributed by atoms with Gasteiger partial charge in [0.15, 0.2) is 5.96 Å². The van der Waals surface area contributed by atoms with Crippen LogP contribution in [0.1, 0.15) is 44.7 Å². The maximum absolute atomic E-state index is 4.74. The van der Waals surface area contributed by atoms with Crippen molar-refractivity contribution in [3.8, 4) is 0 Å². The van der Waals surface area contributed by atoms with Gasteiger partial charge in [-0.1, -0.05) is 18.9 Å². The molecule has 2 N–H and O–H groups in total. The van der Waals surface area contributed by atoms with Crippen LogP contribution in [0.3, 0.4) is 0 Å². The molecular weight excluding hydrogens is 298 g/mol. The van der Waals surface area contributed by atoms with E-state index in [1.54, 1.807) is 0 Å². The van der Waals surface area contributed by atoms with Crippen LogP contribution in [0.25, 0.3) is 0 Å². The normalized spacial score (nSPS) is 19.4. The highest BCUT2D eigenvalue weighted by atomic mass is 15.2. The van der Waals surface area contributed by atoms with E-state index in [0.717, 1.165) is 62.4 Å². The molecule has 132 valence electrons. The number of aliphatic imine (C=N–C) groups is 1. The van der Waals surface area contributed by atoms with E-state index >= 15 is 0 Å². The van der Waals surface area contributed by atoms with E-state index < -0.39 is 0 Å². The van der Waals surface area contributed by atoms with Crippen molar-refractivity contribution in [2.24, 2.45) is 10.9 Å². The van der Waals surface area contributed by atoms with Gasteiger partial charge in [0.2, 0.25) is 0 Å². The SMILES string of the molecule is CCNC(=NCCC1CC1)NC1CCN(c2cccc(C)n2)CC1. The molecule has 5 nitrogen and oxygen atoms in total. The minimum atomic E-state index is 0.504. The number of rotatable bonds is 6. The molecule has 3 rings (SSSR count). The van der Waals surface area contributed by atoms with Crippen LogP contribution in [0.4, 0.5) is 5.82 Å². The van der Waals surface area contributed by atoms with Gasteiger partial charge in [0, 0.05) is 37.9 Å². The molecule has 0 amide bonds. The van der Waals surface area contributed by atoms with Crippen molar-refractivity contribution in [2.75, 3.05) is 31.1 Å². The van der Waals surface area contributed by atoms with Gasteiger partial charge in [-0.2, -0.15) is 0 Å².